The highest BCUT2D eigenvalue weighted by Crippen LogP contribution is 2.60. The molecule has 1 spiro atoms. The van der Waals surface area contributed by atoms with Crippen LogP contribution in [0.4, 0.5) is 9.59 Å². The normalized spacial score (nSPS) is 40.2. The number of ether oxygens (including phenoxy) is 2. The fraction of sp³-hybridized carbons (Fsp3) is 0.875. The Kier molecular flexibility index (Phi) is 4.95. The van der Waals surface area contributed by atoms with Gasteiger partial charge in [0.2, 0.25) is 5.91 Å². The van der Waals surface area contributed by atoms with Gasteiger partial charge in [-0.2, -0.15) is 0 Å². The van der Waals surface area contributed by atoms with Crippen LogP contribution in [0.25, 0.3) is 0 Å². The van der Waals surface area contributed by atoms with E-state index in [-0.39, 0.29) is 47.0 Å². The molecule has 6 fully saturated rings. The molecule has 3 amide bonds. The van der Waals surface area contributed by atoms with Gasteiger partial charge in [-0.25, -0.2) is 9.59 Å². The molecule has 0 aromatic carbocycles. The molecule has 2 saturated heterocycles. The molecule has 8 heteroatoms. The molecule has 6 aliphatic rings. The molecule has 4 saturated carbocycles. The lowest BCUT2D eigenvalue weighted by Crippen LogP contribution is -2.59. The molecule has 32 heavy (non-hydrogen) atoms. The van der Waals surface area contributed by atoms with Crippen LogP contribution in [0, 0.1) is 23.2 Å². The molecule has 1 unspecified atom stereocenters. The minimum atomic E-state index is -0.542. The van der Waals surface area contributed by atoms with Crippen LogP contribution in [0.2, 0.25) is 0 Å². The van der Waals surface area contributed by atoms with Crippen LogP contribution in [-0.2, 0) is 14.3 Å². The van der Waals surface area contributed by atoms with Gasteiger partial charge in [0.15, 0.2) is 0 Å². The van der Waals surface area contributed by atoms with Crippen molar-refractivity contribution in [1.82, 2.24) is 9.80 Å². The number of rotatable bonds is 2. The van der Waals surface area contributed by atoms with Crippen LogP contribution in [0.3, 0.4) is 0 Å². The van der Waals surface area contributed by atoms with Gasteiger partial charge in [-0.3, -0.25) is 4.79 Å². The zero-order valence-corrected chi connectivity index (χ0v) is 19.6. The summed E-state index contributed by atoms with van der Waals surface area (Å²) in [4.78, 5) is 41.8. The first-order valence-electron chi connectivity index (χ1n) is 12.3. The van der Waals surface area contributed by atoms with E-state index in [1.807, 2.05) is 25.7 Å². The Morgan fingerprint density at radius 3 is 2.28 bits per heavy atom. The molecule has 6 rings (SSSR count). The van der Waals surface area contributed by atoms with Crippen molar-refractivity contribution >= 4 is 18.1 Å². The van der Waals surface area contributed by atoms with Gasteiger partial charge in [-0.15, -0.1) is 0 Å². The van der Waals surface area contributed by atoms with E-state index in [4.69, 9.17) is 15.2 Å². The average Bonchev–Trinajstić information content (AvgIpc) is 3.30. The Hall–Kier alpha value is -1.99. The summed E-state index contributed by atoms with van der Waals surface area (Å²) in [6.07, 6.45) is 6.35. The molecule has 4 bridgehead atoms. The summed E-state index contributed by atoms with van der Waals surface area (Å²) in [7, 11) is 0. The molecule has 8 nitrogen and oxygen atoms in total. The molecule has 0 aromatic heterocycles. The number of nitrogens with zero attached hydrogens (tertiary/aromatic N) is 2. The molecule has 4 aliphatic carbocycles. The fourth-order valence-electron chi connectivity index (χ4n) is 7.64. The number of likely N-dealkylation sites (tertiary alicyclic amines) is 2. The second kappa shape index (κ2) is 7.26. The van der Waals surface area contributed by atoms with Crippen molar-refractivity contribution < 1.29 is 23.9 Å². The summed E-state index contributed by atoms with van der Waals surface area (Å²) in [6, 6.07) is 0. The Morgan fingerprint density at radius 2 is 1.66 bits per heavy atom. The molecule has 2 heterocycles. The predicted molar refractivity (Wildman–Crippen MR) is 117 cm³/mol. The molecular formula is C24H37N3O5. The van der Waals surface area contributed by atoms with Crippen molar-refractivity contribution in [1.29, 1.82) is 0 Å². The Bertz CT molecular complexity index is 807. The zero-order chi connectivity index (χ0) is 22.9. The highest BCUT2D eigenvalue weighted by Gasteiger charge is 2.59. The van der Waals surface area contributed by atoms with Gasteiger partial charge >= 0.3 is 12.2 Å². The zero-order valence-electron chi connectivity index (χ0n) is 19.6. The number of carbonyl (C=O) groups excluding carboxylic acids is 3. The first kappa shape index (κ1) is 21.8. The topological polar surface area (TPSA) is 102 Å². The number of hydrogen-bond donors (Lipinski definition) is 1. The van der Waals surface area contributed by atoms with Crippen molar-refractivity contribution in [3.05, 3.63) is 0 Å². The second-order valence-corrected chi connectivity index (χ2v) is 12.1. The first-order valence-corrected chi connectivity index (χ1v) is 12.3. The number of nitrogens with two attached hydrogens (primary N) is 1. The maximum atomic E-state index is 13.2. The quantitative estimate of drug-likeness (QED) is 0.700. The van der Waals surface area contributed by atoms with E-state index in [0.717, 1.165) is 51.4 Å². The minimum Gasteiger partial charge on any atom is -0.446 e. The summed E-state index contributed by atoms with van der Waals surface area (Å²) >= 11 is 0. The molecule has 0 aromatic rings. The Balaban J connectivity index is 1.23. The van der Waals surface area contributed by atoms with Crippen LogP contribution in [0.1, 0.15) is 72.1 Å². The van der Waals surface area contributed by atoms with Gasteiger partial charge in [-0.1, -0.05) is 0 Å². The van der Waals surface area contributed by atoms with Crippen molar-refractivity contribution in [3.8, 4) is 0 Å². The molecule has 3 atom stereocenters. The van der Waals surface area contributed by atoms with Crippen LogP contribution in [-0.4, -0.2) is 64.8 Å². The monoisotopic (exact) mass is 447 g/mol. The van der Waals surface area contributed by atoms with Crippen molar-refractivity contribution in [2.75, 3.05) is 19.6 Å². The minimum absolute atomic E-state index is 0.117. The first-order chi connectivity index (χ1) is 15.0. The Labute approximate surface area is 190 Å². The van der Waals surface area contributed by atoms with E-state index in [2.05, 4.69) is 0 Å². The SMILES string of the molecule is CC(C)(C)OC(=O)N1CCCC12CCN(C(=O)OC1[C@@H]3CC4C[C@@H]1CC(C(N)=O)(C4)C3)C2. The van der Waals surface area contributed by atoms with E-state index in [1.165, 1.54) is 0 Å². The maximum Gasteiger partial charge on any atom is 0.410 e. The van der Waals surface area contributed by atoms with Gasteiger partial charge in [0.05, 0.1) is 11.0 Å². The fourth-order valence-corrected chi connectivity index (χ4v) is 7.64. The lowest BCUT2D eigenvalue weighted by Gasteiger charge is -2.58. The largest absolute Gasteiger partial charge is 0.446 e. The third-order valence-corrected chi connectivity index (χ3v) is 8.75. The number of primary amides is 1. The summed E-state index contributed by atoms with van der Waals surface area (Å²) in [5.41, 5.74) is 4.51. The van der Waals surface area contributed by atoms with E-state index in [9.17, 15) is 14.4 Å². The second-order valence-electron chi connectivity index (χ2n) is 12.1. The van der Waals surface area contributed by atoms with E-state index in [1.54, 1.807) is 4.90 Å². The maximum absolute atomic E-state index is 13.2. The van der Waals surface area contributed by atoms with Gasteiger partial charge in [0, 0.05) is 19.6 Å². The van der Waals surface area contributed by atoms with E-state index < -0.39 is 5.60 Å². The number of amides is 3. The van der Waals surface area contributed by atoms with Gasteiger partial charge in [0.1, 0.15) is 11.7 Å². The van der Waals surface area contributed by atoms with Crippen LogP contribution in [0.15, 0.2) is 0 Å². The van der Waals surface area contributed by atoms with Gasteiger partial charge in [0.25, 0.3) is 0 Å². The summed E-state index contributed by atoms with van der Waals surface area (Å²) in [5.74, 6) is 0.829. The summed E-state index contributed by atoms with van der Waals surface area (Å²) in [5, 5.41) is 0. The predicted octanol–water partition coefficient (Wildman–Crippen LogP) is 3.28. The molecule has 0 radical (unpaired) electrons. The van der Waals surface area contributed by atoms with Crippen molar-refractivity contribution in [3.63, 3.8) is 0 Å². The van der Waals surface area contributed by atoms with Gasteiger partial charge < -0.3 is 25.0 Å². The van der Waals surface area contributed by atoms with Gasteiger partial charge in [-0.05, 0) is 89.9 Å². The highest BCUT2D eigenvalue weighted by molar-refractivity contribution is 5.81. The summed E-state index contributed by atoms with van der Waals surface area (Å²) < 4.78 is 11.7. The number of hydrogen-bond acceptors (Lipinski definition) is 5. The third-order valence-electron chi connectivity index (χ3n) is 8.75. The molecule has 2 aliphatic heterocycles. The lowest BCUT2D eigenvalue weighted by molar-refractivity contribution is -0.161. The molecule has 2 N–H and O–H groups in total. The smallest absolute Gasteiger partial charge is 0.410 e. The van der Waals surface area contributed by atoms with E-state index in [0.29, 0.717) is 25.6 Å². The van der Waals surface area contributed by atoms with Crippen LogP contribution in [0.5, 0.6) is 0 Å². The lowest BCUT2D eigenvalue weighted by atomic mass is 9.48. The highest BCUT2D eigenvalue weighted by atomic mass is 16.6. The van der Waals surface area contributed by atoms with E-state index >= 15 is 0 Å². The average molecular weight is 448 g/mol. The molecular weight excluding hydrogens is 410 g/mol. The number of carbonyl (C=O) groups is 3. The van der Waals surface area contributed by atoms with Crippen LogP contribution >= 0.6 is 0 Å². The third kappa shape index (κ3) is 3.54. The summed E-state index contributed by atoms with van der Waals surface area (Å²) in [6.45, 7) is 7.38. The van der Waals surface area contributed by atoms with Crippen molar-refractivity contribution in [2.24, 2.45) is 28.9 Å². The Morgan fingerprint density at radius 1 is 0.969 bits per heavy atom. The van der Waals surface area contributed by atoms with Crippen LogP contribution < -0.4 is 5.73 Å². The standard InChI is InChI=1S/C24H37N3O5/c1-22(2,3)32-21(30)27-7-4-5-24(27)6-8-26(14-24)20(29)31-18-16-9-15-10-17(18)13-23(11-15,12-16)19(25)28/h15-18H,4-14H2,1-3H3,(H2,25,28)/t15?,16-,17-,18?,23?,24?/m1/s1. The van der Waals surface area contributed by atoms with Crippen molar-refractivity contribution in [2.45, 2.75) is 89.4 Å². The molecule has 178 valence electrons.